The van der Waals surface area contributed by atoms with Crippen molar-refractivity contribution in [2.45, 2.75) is 6.54 Å². The smallest absolute Gasteiger partial charge is 0.146 e. The van der Waals surface area contributed by atoms with E-state index in [0.29, 0.717) is 5.56 Å². The van der Waals surface area contributed by atoms with Crippen LogP contribution in [-0.2, 0) is 6.54 Å². The van der Waals surface area contributed by atoms with E-state index in [0.717, 1.165) is 45.1 Å². The van der Waals surface area contributed by atoms with Crippen LogP contribution in [0.5, 0.6) is 0 Å². The second kappa shape index (κ2) is 6.37. The second-order valence-electron chi connectivity index (χ2n) is 5.08. The molecule has 0 spiro atoms. The molecule has 2 aromatic rings. The molecule has 6 nitrogen and oxygen atoms in total. The molecule has 0 radical (unpaired) electrons. The van der Waals surface area contributed by atoms with Crippen LogP contribution in [0.25, 0.3) is 0 Å². The van der Waals surface area contributed by atoms with Gasteiger partial charge in [-0.05, 0) is 18.2 Å². The molecular weight excluding hydrogens is 264 g/mol. The van der Waals surface area contributed by atoms with Crippen molar-refractivity contribution in [3.8, 4) is 6.07 Å². The number of piperazine rings is 1. The lowest BCUT2D eigenvalue weighted by atomic mass is 10.2. The van der Waals surface area contributed by atoms with E-state index in [2.05, 4.69) is 26.0 Å². The number of anilines is 1. The minimum atomic E-state index is 0.655. The maximum atomic E-state index is 9.15. The molecule has 0 amide bonds. The fourth-order valence-electron chi connectivity index (χ4n) is 2.60. The summed E-state index contributed by atoms with van der Waals surface area (Å²) in [6.07, 6.45) is 5.55. The first-order valence-corrected chi connectivity index (χ1v) is 7.16. The Hall–Kier alpha value is -2.39. The average Bonchev–Trinajstić information content (AvgIpc) is 3.07. The highest BCUT2D eigenvalue weighted by Crippen LogP contribution is 2.17. The van der Waals surface area contributed by atoms with Crippen molar-refractivity contribution in [1.29, 1.82) is 5.26 Å². The highest BCUT2D eigenvalue weighted by molar-refractivity contribution is 5.53. The monoisotopic (exact) mass is 282 g/mol. The molecule has 1 saturated heterocycles. The molecular formula is C15H18N6. The van der Waals surface area contributed by atoms with Crippen LogP contribution in [-0.4, -0.2) is 52.4 Å². The van der Waals surface area contributed by atoms with Crippen LogP contribution >= 0.6 is 0 Å². The van der Waals surface area contributed by atoms with E-state index < -0.39 is 0 Å². The Kier molecular flexibility index (Phi) is 4.12. The van der Waals surface area contributed by atoms with Crippen molar-refractivity contribution < 1.29 is 0 Å². The molecule has 0 N–H and O–H groups in total. The molecule has 0 saturated carbocycles. The zero-order chi connectivity index (χ0) is 14.5. The van der Waals surface area contributed by atoms with E-state index in [1.807, 2.05) is 35.3 Å². The maximum Gasteiger partial charge on any atom is 0.146 e. The quantitative estimate of drug-likeness (QED) is 0.836. The number of hydrogen-bond acceptors (Lipinski definition) is 5. The molecule has 2 aromatic heterocycles. The molecule has 0 aromatic carbocycles. The Bertz CT molecular complexity index is 607. The number of nitrogens with zero attached hydrogens (tertiary/aromatic N) is 6. The van der Waals surface area contributed by atoms with E-state index >= 15 is 0 Å². The van der Waals surface area contributed by atoms with Crippen molar-refractivity contribution in [2.75, 3.05) is 37.6 Å². The molecule has 1 aliphatic heterocycles. The van der Waals surface area contributed by atoms with Crippen LogP contribution in [0.2, 0.25) is 0 Å². The molecule has 108 valence electrons. The second-order valence-corrected chi connectivity index (χ2v) is 5.08. The third-order valence-electron chi connectivity index (χ3n) is 3.78. The van der Waals surface area contributed by atoms with Crippen LogP contribution in [0, 0.1) is 11.3 Å². The molecule has 3 rings (SSSR count). The molecule has 1 aliphatic rings. The summed E-state index contributed by atoms with van der Waals surface area (Å²) >= 11 is 0. The number of nitriles is 1. The first kappa shape index (κ1) is 13.6. The van der Waals surface area contributed by atoms with Gasteiger partial charge in [-0.3, -0.25) is 9.58 Å². The van der Waals surface area contributed by atoms with E-state index in [1.165, 1.54) is 0 Å². The van der Waals surface area contributed by atoms with Gasteiger partial charge in [-0.2, -0.15) is 10.4 Å². The van der Waals surface area contributed by atoms with Crippen molar-refractivity contribution in [3.05, 3.63) is 42.4 Å². The van der Waals surface area contributed by atoms with E-state index in [9.17, 15) is 0 Å². The Balaban J connectivity index is 1.54. The van der Waals surface area contributed by atoms with Gasteiger partial charge in [-0.15, -0.1) is 0 Å². The fourth-order valence-corrected chi connectivity index (χ4v) is 2.60. The van der Waals surface area contributed by atoms with Gasteiger partial charge in [0.05, 0.1) is 12.1 Å². The summed E-state index contributed by atoms with van der Waals surface area (Å²) in [6.45, 7) is 5.71. The topological polar surface area (TPSA) is 61.0 Å². The zero-order valence-electron chi connectivity index (χ0n) is 11.9. The van der Waals surface area contributed by atoms with Gasteiger partial charge in [0.15, 0.2) is 0 Å². The molecule has 21 heavy (non-hydrogen) atoms. The number of aromatic nitrogens is 3. The molecule has 1 fully saturated rings. The van der Waals surface area contributed by atoms with Gasteiger partial charge in [-0.25, -0.2) is 4.98 Å². The highest BCUT2D eigenvalue weighted by atomic mass is 15.3. The summed E-state index contributed by atoms with van der Waals surface area (Å²) in [7, 11) is 0. The molecule has 0 bridgehead atoms. The lowest BCUT2D eigenvalue weighted by Gasteiger charge is -2.35. The van der Waals surface area contributed by atoms with Crippen LogP contribution in [0.3, 0.4) is 0 Å². The SMILES string of the molecule is N#Cc1cccnc1N1CCN(CCn2cccn2)CC1. The zero-order valence-corrected chi connectivity index (χ0v) is 11.9. The third kappa shape index (κ3) is 3.20. The molecule has 0 unspecified atom stereocenters. The summed E-state index contributed by atoms with van der Waals surface area (Å²) in [4.78, 5) is 8.98. The van der Waals surface area contributed by atoms with Crippen LogP contribution in [0.15, 0.2) is 36.8 Å². The predicted octanol–water partition coefficient (Wildman–Crippen LogP) is 0.972. The number of pyridine rings is 1. The summed E-state index contributed by atoms with van der Waals surface area (Å²) in [6, 6.07) is 7.80. The lowest BCUT2D eigenvalue weighted by Crippen LogP contribution is -2.47. The van der Waals surface area contributed by atoms with Gasteiger partial charge >= 0.3 is 0 Å². The summed E-state index contributed by atoms with van der Waals surface area (Å²) < 4.78 is 1.96. The van der Waals surface area contributed by atoms with Crippen molar-refractivity contribution in [1.82, 2.24) is 19.7 Å². The van der Waals surface area contributed by atoms with Gasteiger partial charge in [0.1, 0.15) is 11.9 Å². The Morgan fingerprint density at radius 2 is 1.95 bits per heavy atom. The Labute approximate surface area is 124 Å². The average molecular weight is 282 g/mol. The van der Waals surface area contributed by atoms with Crippen molar-refractivity contribution in [2.24, 2.45) is 0 Å². The molecule has 3 heterocycles. The Morgan fingerprint density at radius 3 is 2.67 bits per heavy atom. The highest BCUT2D eigenvalue weighted by Gasteiger charge is 2.19. The van der Waals surface area contributed by atoms with E-state index in [-0.39, 0.29) is 0 Å². The van der Waals surface area contributed by atoms with Crippen LogP contribution in [0.1, 0.15) is 5.56 Å². The first-order chi connectivity index (χ1) is 10.4. The lowest BCUT2D eigenvalue weighted by molar-refractivity contribution is 0.244. The van der Waals surface area contributed by atoms with Crippen LogP contribution < -0.4 is 4.90 Å². The van der Waals surface area contributed by atoms with E-state index in [1.54, 1.807) is 6.20 Å². The standard InChI is InChI=1S/C15H18N6/c16-13-14-3-1-4-17-15(14)20-10-7-19(8-11-20)9-12-21-6-2-5-18-21/h1-6H,7-12H2. The van der Waals surface area contributed by atoms with Gasteiger partial charge in [0, 0.05) is 51.3 Å². The van der Waals surface area contributed by atoms with Gasteiger partial charge < -0.3 is 4.90 Å². The number of hydrogen-bond donors (Lipinski definition) is 0. The minimum Gasteiger partial charge on any atom is -0.353 e. The van der Waals surface area contributed by atoms with Crippen molar-refractivity contribution >= 4 is 5.82 Å². The van der Waals surface area contributed by atoms with Gasteiger partial charge in [0.25, 0.3) is 0 Å². The van der Waals surface area contributed by atoms with Gasteiger partial charge in [-0.1, -0.05) is 0 Å². The van der Waals surface area contributed by atoms with E-state index in [4.69, 9.17) is 5.26 Å². The largest absolute Gasteiger partial charge is 0.353 e. The summed E-state index contributed by atoms with van der Waals surface area (Å²) in [5, 5.41) is 13.4. The predicted molar refractivity (Wildman–Crippen MR) is 79.8 cm³/mol. The summed E-state index contributed by atoms with van der Waals surface area (Å²) in [5.74, 6) is 0.812. The van der Waals surface area contributed by atoms with Crippen molar-refractivity contribution in [3.63, 3.8) is 0 Å². The molecule has 6 heteroatoms. The number of rotatable bonds is 4. The minimum absolute atomic E-state index is 0.655. The maximum absolute atomic E-state index is 9.15. The molecule has 0 atom stereocenters. The summed E-state index contributed by atoms with van der Waals surface area (Å²) in [5.41, 5.74) is 0.655. The van der Waals surface area contributed by atoms with Crippen LogP contribution in [0.4, 0.5) is 5.82 Å². The third-order valence-corrected chi connectivity index (χ3v) is 3.78. The normalized spacial score (nSPS) is 15.9. The first-order valence-electron chi connectivity index (χ1n) is 7.16. The van der Waals surface area contributed by atoms with Gasteiger partial charge in [0.2, 0.25) is 0 Å². The Morgan fingerprint density at radius 1 is 1.10 bits per heavy atom. The fraction of sp³-hybridized carbons (Fsp3) is 0.400. The molecule has 0 aliphatic carbocycles.